The average molecular weight is 76.1 g/mol. The lowest BCUT2D eigenvalue weighted by atomic mass is 11.2. The molecule has 5 heavy (non-hydrogen) atoms. The van der Waals surface area contributed by atoms with Gasteiger partial charge in [-0.15, -0.1) is 0 Å². The lowest BCUT2D eigenvalue weighted by molar-refractivity contribution is 0.256. The van der Waals surface area contributed by atoms with Gasteiger partial charge in [0.15, 0.2) is 0 Å². The SMILES string of the molecule is C.NC(N)=O. The molecule has 0 aromatic rings. The topological polar surface area (TPSA) is 69.1 Å². The maximum atomic E-state index is 9.00. The molecular formula is C2H8N2O. The van der Waals surface area contributed by atoms with Crippen LogP contribution in [0.25, 0.3) is 0 Å². The van der Waals surface area contributed by atoms with E-state index < -0.39 is 6.03 Å². The molecule has 0 rings (SSSR count). The largest absolute Gasteiger partial charge is 0.352 e. The van der Waals surface area contributed by atoms with Crippen molar-refractivity contribution in [3.05, 3.63) is 0 Å². The molecule has 0 radical (unpaired) electrons. The summed E-state index contributed by atoms with van der Waals surface area (Å²) in [5, 5.41) is 0. The minimum Gasteiger partial charge on any atom is -0.352 e. The van der Waals surface area contributed by atoms with Crippen LogP contribution in [0.3, 0.4) is 0 Å². The third-order valence-electron chi connectivity index (χ3n) is 0. The van der Waals surface area contributed by atoms with E-state index in [4.69, 9.17) is 4.79 Å². The number of hydrogen-bond acceptors (Lipinski definition) is 1. The van der Waals surface area contributed by atoms with E-state index in [1.165, 1.54) is 0 Å². The van der Waals surface area contributed by atoms with Gasteiger partial charge in [-0.3, -0.25) is 0 Å². The van der Waals surface area contributed by atoms with Gasteiger partial charge in [-0.1, -0.05) is 7.43 Å². The second kappa shape index (κ2) is 3.27. The zero-order valence-corrected chi connectivity index (χ0v) is 2.06. The predicted octanol–water partition coefficient (Wildman–Crippen LogP) is -0.340. The lowest BCUT2D eigenvalue weighted by Gasteiger charge is -1.62. The van der Waals surface area contributed by atoms with Crippen molar-refractivity contribution in [2.75, 3.05) is 0 Å². The molecule has 0 saturated carbocycles. The molecule has 0 aliphatic heterocycles. The summed E-state index contributed by atoms with van der Waals surface area (Å²) in [6.07, 6.45) is 0. The minimum absolute atomic E-state index is 0. The molecule has 4 N–H and O–H groups in total. The van der Waals surface area contributed by atoms with Crippen molar-refractivity contribution in [3.63, 3.8) is 0 Å². The Kier molecular flexibility index (Phi) is 5.79. The summed E-state index contributed by atoms with van der Waals surface area (Å²) in [4.78, 5) is 9.00. The van der Waals surface area contributed by atoms with E-state index in [2.05, 4.69) is 11.5 Å². The van der Waals surface area contributed by atoms with Crippen molar-refractivity contribution < 1.29 is 4.79 Å². The molecule has 2 amide bonds. The number of carbonyl (C=O) groups excluding carboxylic acids is 1. The molecular weight excluding hydrogens is 68.0 g/mol. The average Bonchev–Trinajstić information content (AvgIpc) is 0.811. The van der Waals surface area contributed by atoms with Crippen LogP contribution in [0.1, 0.15) is 7.43 Å². The summed E-state index contributed by atoms with van der Waals surface area (Å²) in [6, 6.07) is -0.833. The van der Waals surface area contributed by atoms with Gasteiger partial charge in [0.2, 0.25) is 0 Å². The Hall–Kier alpha value is -0.730. The van der Waals surface area contributed by atoms with E-state index in [0.29, 0.717) is 0 Å². The fraction of sp³-hybridized carbons (Fsp3) is 0.500. The molecule has 0 saturated heterocycles. The second-order valence-corrected chi connectivity index (χ2v) is 0.402. The van der Waals surface area contributed by atoms with Crippen molar-refractivity contribution in [1.29, 1.82) is 0 Å². The molecule has 0 aromatic carbocycles. The number of rotatable bonds is 0. The highest BCUT2D eigenvalue weighted by Crippen LogP contribution is 1.25. The van der Waals surface area contributed by atoms with Gasteiger partial charge in [0.1, 0.15) is 0 Å². The van der Waals surface area contributed by atoms with Gasteiger partial charge in [-0.2, -0.15) is 0 Å². The number of nitrogens with two attached hydrogens (primary N) is 2. The number of primary amides is 2. The Balaban J connectivity index is 0. The smallest absolute Gasteiger partial charge is 0.309 e. The monoisotopic (exact) mass is 76.1 g/mol. The Morgan fingerprint density at radius 1 is 1.40 bits per heavy atom. The van der Waals surface area contributed by atoms with Crippen LogP contribution in [0.4, 0.5) is 4.79 Å². The van der Waals surface area contributed by atoms with Crippen LogP contribution in [0.15, 0.2) is 0 Å². The maximum absolute atomic E-state index is 9.00. The summed E-state index contributed by atoms with van der Waals surface area (Å²) in [5.74, 6) is 0. The van der Waals surface area contributed by atoms with E-state index in [0.717, 1.165) is 0 Å². The highest BCUT2D eigenvalue weighted by atomic mass is 16.2. The molecule has 32 valence electrons. The highest BCUT2D eigenvalue weighted by molar-refractivity contribution is 5.69. The Morgan fingerprint density at radius 2 is 1.40 bits per heavy atom. The first-order valence-electron chi connectivity index (χ1n) is 0.781. The first kappa shape index (κ1) is 8.86. The summed E-state index contributed by atoms with van der Waals surface area (Å²) < 4.78 is 0. The van der Waals surface area contributed by atoms with Gasteiger partial charge < -0.3 is 11.5 Å². The van der Waals surface area contributed by atoms with Crippen LogP contribution in [-0.2, 0) is 0 Å². The molecule has 3 heteroatoms. The van der Waals surface area contributed by atoms with Crippen LogP contribution in [0.5, 0.6) is 0 Å². The lowest BCUT2D eigenvalue weighted by Crippen LogP contribution is -2.18. The Labute approximate surface area is 31.0 Å². The van der Waals surface area contributed by atoms with E-state index in [1.54, 1.807) is 0 Å². The summed E-state index contributed by atoms with van der Waals surface area (Å²) >= 11 is 0. The molecule has 0 heterocycles. The minimum atomic E-state index is -0.833. The molecule has 0 unspecified atom stereocenters. The third-order valence-corrected chi connectivity index (χ3v) is 0. The van der Waals surface area contributed by atoms with Gasteiger partial charge in [0, 0.05) is 0 Å². The predicted molar refractivity (Wildman–Crippen MR) is 20.5 cm³/mol. The quantitative estimate of drug-likeness (QED) is 0.407. The molecule has 0 aliphatic rings. The van der Waals surface area contributed by atoms with Gasteiger partial charge in [0.05, 0.1) is 0 Å². The highest BCUT2D eigenvalue weighted by Gasteiger charge is 1.60. The third kappa shape index (κ3) is 9.90. The number of urea groups is 1. The normalized spacial score (nSPS) is 4.80. The fourth-order valence-corrected chi connectivity index (χ4v) is 0. The molecule has 3 nitrogen and oxygen atoms in total. The van der Waals surface area contributed by atoms with Crippen molar-refractivity contribution in [2.24, 2.45) is 11.5 Å². The van der Waals surface area contributed by atoms with E-state index in [-0.39, 0.29) is 7.43 Å². The first-order valence-corrected chi connectivity index (χ1v) is 0.781. The van der Waals surface area contributed by atoms with E-state index in [9.17, 15) is 0 Å². The van der Waals surface area contributed by atoms with Crippen LogP contribution < -0.4 is 11.5 Å². The standard InChI is InChI=1S/CH4N2O.CH4/c2-1(3)4;/h(H4,2,3,4);1H4. The van der Waals surface area contributed by atoms with Crippen LogP contribution >= 0.6 is 0 Å². The molecule has 0 bridgehead atoms. The van der Waals surface area contributed by atoms with Crippen molar-refractivity contribution in [1.82, 2.24) is 0 Å². The van der Waals surface area contributed by atoms with Crippen molar-refractivity contribution >= 4 is 6.03 Å². The molecule has 0 aliphatic carbocycles. The van der Waals surface area contributed by atoms with E-state index in [1.807, 2.05) is 0 Å². The maximum Gasteiger partial charge on any atom is 0.309 e. The first-order chi connectivity index (χ1) is 1.73. The molecule has 0 spiro atoms. The molecule has 0 aromatic heterocycles. The number of amides is 2. The fourth-order valence-electron chi connectivity index (χ4n) is 0. The molecule has 0 atom stereocenters. The van der Waals surface area contributed by atoms with Gasteiger partial charge in [-0.25, -0.2) is 4.79 Å². The van der Waals surface area contributed by atoms with E-state index >= 15 is 0 Å². The van der Waals surface area contributed by atoms with Gasteiger partial charge >= 0.3 is 6.03 Å². The van der Waals surface area contributed by atoms with Gasteiger partial charge in [0.25, 0.3) is 0 Å². The summed E-state index contributed by atoms with van der Waals surface area (Å²) in [7, 11) is 0. The zero-order chi connectivity index (χ0) is 3.58. The summed E-state index contributed by atoms with van der Waals surface area (Å²) in [5.41, 5.74) is 8.50. The second-order valence-electron chi connectivity index (χ2n) is 0.402. The van der Waals surface area contributed by atoms with Crippen LogP contribution in [0, 0.1) is 0 Å². The van der Waals surface area contributed by atoms with Crippen LogP contribution in [0.2, 0.25) is 0 Å². The van der Waals surface area contributed by atoms with Crippen molar-refractivity contribution in [2.45, 2.75) is 7.43 Å². The Morgan fingerprint density at radius 3 is 1.40 bits per heavy atom. The Bertz CT molecular complexity index is 30.6. The zero-order valence-electron chi connectivity index (χ0n) is 2.06. The van der Waals surface area contributed by atoms with Crippen molar-refractivity contribution in [3.8, 4) is 0 Å². The van der Waals surface area contributed by atoms with Gasteiger partial charge in [-0.05, 0) is 0 Å². The number of hydrogen-bond donors (Lipinski definition) is 2. The molecule has 0 fully saturated rings. The number of carbonyl (C=O) groups is 1. The van der Waals surface area contributed by atoms with Crippen LogP contribution in [-0.4, -0.2) is 6.03 Å². The summed E-state index contributed by atoms with van der Waals surface area (Å²) in [6.45, 7) is 0.